The molecule has 3 N–H and O–H groups in total. The smallest absolute Gasteiger partial charge is 0.335 e. The zero-order chi connectivity index (χ0) is 33.5. The van der Waals surface area contributed by atoms with Crippen molar-refractivity contribution in [2.24, 2.45) is 5.92 Å². The molecule has 1 amide bonds. The lowest BCUT2D eigenvalue weighted by atomic mass is 9.91. The van der Waals surface area contributed by atoms with Crippen molar-refractivity contribution in [2.75, 3.05) is 5.75 Å². The maximum atomic E-state index is 12.6. The molecule has 4 atom stereocenters. The van der Waals surface area contributed by atoms with Gasteiger partial charge in [0.05, 0.1) is 29.9 Å². The predicted octanol–water partition coefficient (Wildman–Crippen LogP) is 7.45. The van der Waals surface area contributed by atoms with Crippen LogP contribution in [0.25, 0.3) is 11.1 Å². The number of carbonyl (C=O) groups excluding carboxylic acids is 1. The molecule has 1 aliphatic rings. The number of thioether (sulfide) groups is 1. The summed E-state index contributed by atoms with van der Waals surface area (Å²) in [7, 11) is 0. The van der Waals surface area contributed by atoms with Crippen molar-refractivity contribution in [1.82, 2.24) is 10.3 Å². The fraction of sp³-hybridized carbons (Fsp3) is 0.205. The number of benzene rings is 4. The van der Waals surface area contributed by atoms with Crippen LogP contribution in [0.3, 0.4) is 0 Å². The quantitative estimate of drug-likeness (QED) is 0.125. The molecule has 48 heavy (non-hydrogen) atoms. The number of amides is 1. The van der Waals surface area contributed by atoms with Crippen molar-refractivity contribution < 1.29 is 29.3 Å². The number of pyridine rings is 1. The third kappa shape index (κ3) is 8.00. The van der Waals surface area contributed by atoms with Gasteiger partial charge in [-0.25, -0.2) is 4.79 Å². The van der Waals surface area contributed by atoms with E-state index in [4.69, 9.17) is 9.47 Å². The molecule has 244 valence electrons. The number of nitrogens with zero attached hydrogens (tertiary/aromatic N) is 1. The normalized spacial score (nSPS) is 19.0. The standard InChI is InChI=1S/C39H36N2O6S/c1-25-35(24-48-34-16-14-29(15-17-34)38(44)45)46-39(47-36(25)28-12-10-26(23-42)11-13-28)32-8-3-7-31(20-32)30-6-2-5-27(19-30)21-41-37(43)33-9-4-18-40-22-33/h2-20,22,25,35-36,39,42H,21,23-24H2,1H3,(H,41,43)(H,44,45). The maximum Gasteiger partial charge on any atom is 0.335 e. The second-order valence-electron chi connectivity index (χ2n) is 11.7. The number of aromatic carboxylic acids is 1. The Morgan fingerprint density at radius 3 is 2.27 bits per heavy atom. The lowest BCUT2D eigenvalue weighted by Gasteiger charge is -2.41. The van der Waals surface area contributed by atoms with E-state index in [0.717, 1.165) is 38.3 Å². The molecular formula is C39H36N2O6S. The number of aliphatic hydroxyl groups excluding tert-OH is 1. The Bertz CT molecular complexity index is 1850. The molecule has 0 bridgehead atoms. The van der Waals surface area contributed by atoms with Crippen molar-refractivity contribution >= 4 is 23.6 Å². The van der Waals surface area contributed by atoms with Crippen molar-refractivity contribution in [1.29, 1.82) is 0 Å². The van der Waals surface area contributed by atoms with Gasteiger partial charge in [0, 0.05) is 41.1 Å². The molecule has 0 spiro atoms. The molecule has 0 aliphatic carbocycles. The molecule has 1 saturated heterocycles. The van der Waals surface area contributed by atoms with Gasteiger partial charge in [0.2, 0.25) is 0 Å². The highest BCUT2D eigenvalue weighted by molar-refractivity contribution is 7.99. The fourth-order valence-corrected chi connectivity index (χ4v) is 6.76. The Balaban J connectivity index is 1.22. The molecule has 9 heteroatoms. The van der Waals surface area contributed by atoms with Crippen molar-refractivity contribution in [2.45, 2.75) is 43.5 Å². The average molecular weight is 661 g/mol. The maximum absolute atomic E-state index is 12.6. The minimum absolute atomic E-state index is 0.00811. The summed E-state index contributed by atoms with van der Waals surface area (Å²) >= 11 is 1.62. The first-order valence-electron chi connectivity index (χ1n) is 15.7. The van der Waals surface area contributed by atoms with Crippen LogP contribution in [-0.2, 0) is 22.6 Å². The number of rotatable bonds is 11. The second-order valence-corrected chi connectivity index (χ2v) is 12.8. The largest absolute Gasteiger partial charge is 0.478 e. The first-order valence-corrected chi connectivity index (χ1v) is 16.7. The predicted molar refractivity (Wildman–Crippen MR) is 184 cm³/mol. The average Bonchev–Trinajstić information content (AvgIpc) is 3.14. The number of ether oxygens (including phenoxy) is 2. The molecule has 1 aromatic heterocycles. The number of carboxylic acids is 1. The Kier molecular flexibility index (Phi) is 10.6. The molecule has 4 unspecified atom stereocenters. The Hall–Kier alpha value is -4.80. The summed E-state index contributed by atoms with van der Waals surface area (Å²) in [4.78, 5) is 28.8. The lowest BCUT2D eigenvalue weighted by Crippen LogP contribution is -2.38. The molecule has 4 aromatic carbocycles. The Labute approximate surface area is 283 Å². The summed E-state index contributed by atoms with van der Waals surface area (Å²) in [5.74, 6) is -0.478. The van der Waals surface area contributed by atoms with Gasteiger partial charge in [-0.3, -0.25) is 9.78 Å². The van der Waals surface area contributed by atoms with Crippen LogP contribution in [0.5, 0.6) is 0 Å². The van der Waals surface area contributed by atoms with Gasteiger partial charge in [0.25, 0.3) is 5.91 Å². The van der Waals surface area contributed by atoms with E-state index in [2.05, 4.69) is 29.4 Å². The topological polar surface area (TPSA) is 118 Å². The third-order valence-electron chi connectivity index (χ3n) is 8.43. The Morgan fingerprint density at radius 2 is 1.56 bits per heavy atom. The molecule has 5 aromatic rings. The first-order chi connectivity index (χ1) is 23.4. The van der Waals surface area contributed by atoms with Gasteiger partial charge >= 0.3 is 5.97 Å². The van der Waals surface area contributed by atoms with E-state index in [9.17, 15) is 19.8 Å². The molecular weight excluding hydrogens is 625 g/mol. The van der Waals surface area contributed by atoms with Crippen molar-refractivity contribution in [3.8, 4) is 11.1 Å². The van der Waals surface area contributed by atoms with Crippen molar-refractivity contribution in [3.63, 3.8) is 0 Å². The van der Waals surface area contributed by atoms with E-state index in [0.29, 0.717) is 17.9 Å². The summed E-state index contributed by atoms with van der Waals surface area (Å²) < 4.78 is 13.3. The minimum atomic E-state index is -0.951. The number of aliphatic hydroxyl groups is 1. The van der Waals surface area contributed by atoms with E-state index >= 15 is 0 Å². The number of carbonyl (C=O) groups is 2. The summed E-state index contributed by atoms with van der Waals surface area (Å²) in [5.41, 5.74) is 6.44. The van der Waals surface area contributed by atoms with E-state index in [1.807, 2.05) is 72.8 Å². The monoisotopic (exact) mass is 660 g/mol. The number of hydrogen-bond acceptors (Lipinski definition) is 7. The number of carboxylic acid groups (broad SMARTS) is 1. The minimum Gasteiger partial charge on any atom is -0.478 e. The summed E-state index contributed by atoms with van der Waals surface area (Å²) in [5, 5.41) is 21.8. The van der Waals surface area contributed by atoms with Gasteiger partial charge < -0.3 is 25.0 Å². The zero-order valence-electron chi connectivity index (χ0n) is 26.4. The fourth-order valence-electron chi connectivity index (χ4n) is 5.69. The highest BCUT2D eigenvalue weighted by Crippen LogP contribution is 2.43. The highest BCUT2D eigenvalue weighted by Gasteiger charge is 2.38. The van der Waals surface area contributed by atoms with Crippen LogP contribution in [0.4, 0.5) is 0 Å². The second kappa shape index (κ2) is 15.4. The van der Waals surface area contributed by atoms with Crippen LogP contribution in [-0.4, -0.2) is 38.9 Å². The summed E-state index contributed by atoms with van der Waals surface area (Å²) in [6.07, 6.45) is 2.12. The molecule has 0 radical (unpaired) electrons. The molecule has 6 rings (SSSR count). The van der Waals surface area contributed by atoms with E-state index in [-0.39, 0.29) is 36.2 Å². The van der Waals surface area contributed by atoms with Crippen LogP contribution in [0.2, 0.25) is 0 Å². The molecule has 2 heterocycles. The van der Waals surface area contributed by atoms with Gasteiger partial charge in [-0.2, -0.15) is 0 Å². The van der Waals surface area contributed by atoms with Crippen molar-refractivity contribution in [3.05, 3.63) is 155 Å². The van der Waals surface area contributed by atoms with Gasteiger partial charge in [-0.15, -0.1) is 11.8 Å². The third-order valence-corrected chi connectivity index (χ3v) is 9.54. The van der Waals surface area contributed by atoms with Gasteiger partial charge in [-0.05, 0) is 76.3 Å². The highest BCUT2D eigenvalue weighted by atomic mass is 32.2. The zero-order valence-corrected chi connectivity index (χ0v) is 27.2. The van der Waals surface area contributed by atoms with Crippen LogP contribution in [0.1, 0.15) is 62.3 Å². The van der Waals surface area contributed by atoms with Gasteiger partial charge in [0.15, 0.2) is 6.29 Å². The molecule has 1 aliphatic heterocycles. The van der Waals surface area contributed by atoms with Gasteiger partial charge in [-0.1, -0.05) is 67.6 Å². The molecule has 0 saturated carbocycles. The van der Waals surface area contributed by atoms with E-state index in [1.54, 1.807) is 48.4 Å². The van der Waals surface area contributed by atoms with Crippen LogP contribution < -0.4 is 5.32 Å². The van der Waals surface area contributed by atoms with Gasteiger partial charge in [0.1, 0.15) is 0 Å². The number of aromatic nitrogens is 1. The van der Waals surface area contributed by atoms with E-state index in [1.165, 1.54) is 0 Å². The Morgan fingerprint density at radius 1 is 0.812 bits per heavy atom. The summed E-state index contributed by atoms with van der Waals surface area (Å²) in [6, 6.07) is 34.3. The first kappa shape index (κ1) is 33.1. The summed E-state index contributed by atoms with van der Waals surface area (Å²) in [6.45, 7) is 2.47. The number of nitrogens with one attached hydrogen (secondary N) is 1. The van der Waals surface area contributed by atoms with Crippen LogP contribution >= 0.6 is 11.8 Å². The lowest BCUT2D eigenvalue weighted by molar-refractivity contribution is -0.268. The molecule has 1 fully saturated rings. The molecule has 8 nitrogen and oxygen atoms in total. The van der Waals surface area contributed by atoms with Crippen LogP contribution in [0, 0.1) is 5.92 Å². The van der Waals surface area contributed by atoms with E-state index < -0.39 is 12.3 Å². The SMILES string of the molecule is CC1C(CSc2ccc(C(=O)O)cc2)OC(c2cccc(-c3cccc(CNC(=O)c4cccnc4)c3)c2)OC1c1ccc(CO)cc1. The number of hydrogen-bond donors (Lipinski definition) is 3. The van der Waals surface area contributed by atoms with Crippen LogP contribution in [0.15, 0.2) is 126 Å².